The lowest BCUT2D eigenvalue weighted by Crippen LogP contribution is -2.39. The Morgan fingerprint density at radius 2 is 2.11 bits per heavy atom. The van der Waals surface area contributed by atoms with Gasteiger partial charge >= 0.3 is 5.69 Å². The summed E-state index contributed by atoms with van der Waals surface area (Å²) in [5, 5.41) is 20.4. The summed E-state index contributed by atoms with van der Waals surface area (Å²) in [6.45, 7) is -2.57. The van der Waals surface area contributed by atoms with Gasteiger partial charge in [-0.1, -0.05) is 0 Å². The quantitative estimate of drug-likeness (QED) is 0.623. The molecule has 0 aromatic heterocycles. The first-order chi connectivity index (χ1) is 8.76. The molecule has 2 N–H and O–H groups in total. The van der Waals surface area contributed by atoms with Crippen molar-refractivity contribution in [2.45, 2.75) is 5.92 Å². The number of alkyl halides is 2. The summed E-state index contributed by atoms with van der Waals surface area (Å²) in [6.07, 6.45) is 0. The van der Waals surface area contributed by atoms with E-state index < -0.39 is 41.4 Å². The predicted molar refractivity (Wildman–Crippen MR) is 57.4 cm³/mol. The van der Waals surface area contributed by atoms with E-state index in [1.165, 1.54) is 0 Å². The second-order valence-electron chi connectivity index (χ2n) is 3.62. The monoisotopic (exact) mass is 278 g/mol. The number of halogens is 3. The minimum absolute atomic E-state index is 0.336. The molecule has 0 bridgehead atoms. The van der Waals surface area contributed by atoms with Crippen LogP contribution in [0.3, 0.4) is 0 Å². The molecule has 104 valence electrons. The number of aliphatic hydroxyl groups is 1. The number of nitro groups is 1. The largest absolute Gasteiger partial charge is 0.390 e. The maximum Gasteiger partial charge on any atom is 0.304 e. The summed E-state index contributed by atoms with van der Waals surface area (Å²) >= 11 is 0. The highest BCUT2D eigenvalue weighted by atomic mass is 19.3. The average Bonchev–Trinajstić information content (AvgIpc) is 2.35. The van der Waals surface area contributed by atoms with Crippen molar-refractivity contribution in [3.63, 3.8) is 0 Å². The van der Waals surface area contributed by atoms with E-state index in [4.69, 9.17) is 5.11 Å². The zero-order valence-electron chi connectivity index (χ0n) is 9.40. The fraction of sp³-hybridized carbons (Fsp3) is 0.300. The van der Waals surface area contributed by atoms with E-state index in [1.54, 1.807) is 5.32 Å². The van der Waals surface area contributed by atoms with E-state index in [0.29, 0.717) is 6.07 Å². The molecule has 6 nitrogen and oxygen atoms in total. The van der Waals surface area contributed by atoms with Gasteiger partial charge in [-0.2, -0.15) is 4.39 Å². The minimum atomic E-state index is -3.49. The molecule has 0 saturated carbocycles. The molecule has 1 rings (SSSR count). The van der Waals surface area contributed by atoms with Gasteiger partial charge in [-0.05, 0) is 12.1 Å². The summed E-state index contributed by atoms with van der Waals surface area (Å²) in [5.74, 6) is -5.76. The summed E-state index contributed by atoms with van der Waals surface area (Å²) in [4.78, 5) is 20.7. The van der Waals surface area contributed by atoms with Crippen molar-refractivity contribution in [2.75, 3.05) is 13.2 Å². The molecule has 19 heavy (non-hydrogen) atoms. The zero-order chi connectivity index (χ0) is 14.6. The minimum Gasteiger partial charge on any atom is -0.390 e. The molecule has 9 heteroatoms. The highest BCUT2D eigenvalue weighted by molar-refractivity contribution is 5.94. The lowest BCUT2D eigenvalue weighted by Gasteiger charge is -2.13. The number of nitro benzene ring substituents is 1. The molecule has 0 aliphatic heterocycles. The van der Waals surface area contributed by atoms with E-state index in [0.717, 1.165) is 12.1 Å². The molecule has 0 aliphatic rings. The van der Waals surface area contributed by atoms with Crippen LogP contribution in [0.1, 0.15) is 10.4 Å². The fourth-order valence-electron chi connectivity index (χ4n) is 1.16. The van der Waals surface area contributed by atoms with Crippen LogP contribution in [0, 0.1) is 15.9 Å². The van der Waals surface area contributed by atoms with Gasteiger partial charge in [0.2, 0.25) is 5.82 Å². The second-order valence-corrected chi connectivity index (χ2v) is 3.62. The van der Waals surface area contributed by atoms with Gasteiger partial charge in [0.15, 0.2) is 0 Å². The maximum atomic E-state index is 13.2. The first-order valence-corrected chi connectivity index (χ1v) is 4.97. The average molecular weight is 278 g/mol. The summed E-state index contributed by atoms with van der Waals surface area (Å²) in [6, 6.07) is 2.27. The lowest BCUT2D eigenvalue weighted by molar-refractivity contribution is -0.387. The molecular weight excluding hydrogens is 269 g/mol. The number of nitrogens with one attached hydrogen (secondary N) is 1. The Labute approximate surface area is 105 Å². The third-order valence-electron chi connectivity index (χ3n) is 2.15. The van der Waals surface area contributed by atoms with Gasteiger partial charge in [-0.25, -0.2) is 8.78 Å². The van der Waals surface area contributed by atoms with Gasteiger partial charge in [0.05, 0.1) is 11.5 Å². The van der Waals surface area contributed by atoms with Crippen LogP contribution in [0.15, 0.2) is 18.2 Å². The van der Waals surface area contributed by atoms with Crippen molar-refractivity contribution in [1.29, 1.82) is 0 Å². The van der Waals surface area contributed by atoms with Gasteiger partial charge in [0.1, 0.15) is 6.61 Å². The molecule has 0 saturated heterocycles. The smallest absolute Gasteiger partial charge is 0.304 e. The van der Waals surface area contributed by atoms with Crippen LogP contribution in [0.25, 0.3) is 0 Å². The molecule has 0 radical (unpaired) electrons. The van der Waals surface area contributed by atoms with Crippen LogP contribution in [-0.4, -0.2) is 35.0 Å². The Hall–Kier alpha value is -2.16. The van der Waals surface area contributed by atoms with Crippen molar-refractivity contribution in [2.24, 2.45) is 0 Å². The topological polar surface area (TPSA) is 92.5 Å². The number of carbonyl (C=O) groups is 1. The number of nitrogens with zero attached hydrogens (tertiary/aromatic N) is 1. The Morgan fingerprint density at radius 1 is 1.47 bits per heavy atom. The summed E-state index contributed by atoms with van der Waals surface area (Å²) < 4.78 is 38.5. The summed E-state index contributed by atoms with van der Waals surface area (Å²) in [7, 11) is 0. The van der Waals surface area contributed by atoms with Crippen LogP contribution in [0.5, 0.6) is 0 Å². The highest BCUT2D eigenvalue weighted by Gasteiger charge is 2.28. The van der Waals surface area contributed by atoms with Crippen molar-refractivity contribution in [1.82, 2.24) is 5.32 Å². The molecule has 1 amide bonds. The predicted octanol–water partition coefficient (Wildman–Crippen LogP) is 1.09. The SMILES string of the molecule is O=C(NCC(F)(F)CO)c1ccc([N+](=O)[O-])c(F)c1. The first-order valence-electron chi connectivity index (χ1n) is 4.97. The maximum absolute atomic E-state index is 13.2. The molecule has 0 unspecified atom stereocenters. The molecule has 1 aromatic rings. The summed E-state index contributed by atoms with van der Waals surface area (Å²) in [5.41, 5.74) is -1.16. The number of aliphatic hydroxyl groups excluding tert-OH is 1. The van der Waals surface area contributed by atoms with Gasteiger partial charge < -0.3 is 10.4 Å². The third-order valence-corrected chi connectivity index (χ3v) is 2.15. The van der Waals surface area contributed by atoms with Crippen molar-refractivity contribution in [3.8, 4) is 0 Å². The number of hydrogen-bond donors (Lipinski definition) is 2. The van der Waals surface area contributed by atoms with Crippen molar-refractivity contribution >= 4 is 11.6 Å². The Balaban J connectivity index is 2.79. The van der Waals surface area contributed by atoms with Crippen molar-refractivity contribution < 1.29 is 28.0 Å². The second kappa shape index (κ2) is 5.65. The third kappa shape index (κ3) is 3.91. The van der Waals surface area contributed by atoms with Gasteiger partial charge in [-0.3, -0.25) is 14.9 Å². The van der Waals surface area contributed by atoms with Crippen LogP contribution in [-0.2, 0) is 0 Å². The number of benzene rings is 1. The standard InChI is InChI=1S/C10H9F3N2O4/c11-7-3-6(1-2-8(7)15(18)19)9(17)14-4-10(12,13)5-16/h1-3,16H,4-5H2,(H,14,17). The number of hydrogen-bond acceptors (Lipinski definition) is 4. The van der Waals surface area contributed by atoms with E-state index in [9.17, 15) is 28.1 Å². The van der Waals surface area contributed by atoms with Gasteiger partial charge in [-0.15, -0.1) is 0 Å². The molecule has 0 atom stereocenters. The van der Waals surface area contributed by atoms with Crippen LogP contribution < -0.4 is 5.32 Å². The molecule has 0 heterocycles. The van der Waals surface area contributed by atoms with E-state index >= 15 is 0 Å². The number of amides is 1. The normalized spacial score (nSPS) is 11.2. The highest BCUT2D eigenvalue weighted by Crippen LogP contribution is 2.18. The molecular formula is C10H9F3N2O4. The van der Waals surface area contributed by atoms with Gasteiger partial charge in [0.25, 0.3) is 11.8 Å². The Bertz CT molecular complexity index is 508. The van der Waals surface area contributed by atoms with Crippen molar-refractivity contribution in [3.05, 3.63) is 39.7 Å². The zero-order valence-corrected chi connectivity index (χ0v) is 9.40. The molecule has 0 aliphatic carbocycles. The van der Waals surface area contributed by atoms with E-state index in [-0.39, 0.29) is 5.56 Å². The molecule has 0 fully saturated rings. The van der Waals surface area contributed by atoms with Crippen LogP contribution in [0.4, 0.5) is 18.9 Å². The van der Waals surface area contributed by atoms with Crippen LogP contribution >= 0.6 is 0 Å². The Morgan fingerprint density at radius 3 is 2.58 bits per heavy atom. The van der Waals surface area contributed by atoms with E-state index in [2.05, 4.69) is 0 Å². The van der Waals surface area contributed by atoms with Gasteiger partial charge in [0, 0.05) is 11.6 Å². The fourth-order valence-corrected chi connectivity index (χ4v) is 1.16. The van der Waals surface area contributed by atoms with Crippen LogP contribution in [0.2, 0.25) is 0 Å². The first kappa shape index (κ1) is 14.9. The molecule has 1 aromatic carbocycles. The number of rotatable bonds is 5. The lowest BCUT2D eigenvalue weighted by atomic mass is 10.2. The van der Waals surface area contributed by atoms with E-state index in [1.807, 2.05) is 0 Å². The number of carbonyl (C=O) groups excluding carboxylic acids is 1. The Kier molecular flexibility index (Phi) is 4.43. The molecule has 0 spiro atoms.